The fourth-order valence-electron chi connectivity index (χ4n) is 2.84. The van der Waals surface area contributed by atoms with Gasteiger partial charge in [-0.3, -0.25) is 4.98 Å². The lowest BCUT2D eigenvalue weighted by Crippen LogP contribution is -2.43. The highest BCUT2D eigenvalue weighted by Gasteiger charge is 2.15. The summed E-state index contributed by atoms with van der Waals surface area (Å²) in [4.78, 5) is 11.9. The second kappa shape index (κ2) is 8.21. The number of hydrogen-bond acceptors (Lipinski definition) is 6. The lowest BCUT2D eigenvalue weighted by atomic mass is 9.95. The van der Waals surface area contributed by atoms with Gasteiger partial charge in [-0.2, -0.15) is 4.98 Å². The summed E-state index contributed by atoms with van der Waals surface area (Å²) in [5.74, 6) is 3.94. The Labute approximate surface area is 163 Å². The van der Waals surface area contributed by atoms with Crippen LogP contribution in [-0.4, -0.2) is 36.1 Å². The molecule has 1 unspecified atom stereocenters. The maximum atomic E-state index is 5.80. The summed E-state index contributed by atoms with van der Waals surface area (Å²) in [5.41, 5.74) is 2.85. The van der Waals surface area contributed by atoms with Crippen LogP contribution < -0.4 is 15.0 Å². The van der Waals surface area contributed by atoms with Gasteiger partial charge in [-0.05, 0) is 22.6 Å². The summed E-state index contributed by atoms with van der Waals surface area (Å²) < 4.78 is 5.80. The Kier molecular flexibility index (Phi) is 5.33. The maximum Gasteiger partial charge on any atom is 0.235 e. The van der Waals surface area contributed by atoms with Crippen molar-refractivity contribution in [3.63, 3.8) is 0 Å². The van der Waals surface area contributed by atoms with Crippen molar-refractivity contribution in [3.05, 3.63) is 59.0 Å². The zero-order valence-corrected chi connectivity index (χ0v) is 15.7. The summed E-state index contributed by atoms with van der Waals surface area (Å²) in [6.07, 6.45) is 8.50. The van der Waals surface area contributed by atoms with Gasteiger partial charge in [0, 0.05) is 26.2 Å². The van der Waals surface area contributed by atoms with Crippen molar-refractivity contribution in [3.8, 4) is 29.4 Å². The topological polar surface area (TPSA) is 50.3 Å². The van der Waals surface area contributed by atoms with Gasteiger partial charge in [0.2, 0.25) is 5.88 Å². The number of nitrogens with zero attached hydrogens (tertiary/aromatic N) is 3. The third-order valence-corrected chi connectivity index (χ3v) is 5.37. The van der Waals surface area contributed by atoms with Crippen LogP contribution in [0.5, 0.6) is 5.88 Å². The summed E-state index contributed by atoms with van der Waals surface area (Å²) in [5, 5.41) is 5.29. The van der Waals surface area contributed by atoms with Crippen LogP contribution in [0.2, 0.25) is 0 Å². The number of benzene rings is 1. The number of thiophene rings is 1. The molecular weight excluding hydrogens is 356 g/mol. The number of rotatable bonds is 4. The molecule has 0 spiro atoms. The van der Waals surface area contributed by atoms with Crippen LogP contribution in [0.15, 0.2) is 54.2 Å². The van der Waals surface area contributed by atoms with Gasteiger partial charge >= 0.3 is 0 Å². The second-order valence-corrected chi connectivity index (χ2v) is 7.19. The normalized spacial score (nSPS) is 15.1. The third-order valence-electron chi connectivity index (χ3n) is 4.45. The molecule has 0 aromatic carbocycles. The smallest absolute Gasteiger partial charge is 0.235 e. The lowest BCUT2D eigenvalue weighted by molar-refractivity contribution is 0.256. The molecular formula is C21H20N4OS. The second-order valence-electron chi connectivity index (χ2n) is 6.21. The number of fused-ring (bicyclic) bond motifs is 1. The van der Waals surface area contributed by atoms with Crippen molar-refractivity contribution in [1.82, 2.24) is 15.3 Å². The quantitative estimate of drug-likeness (QED) is 0.554. The molecule has 1 saturated heterocycles. The van der Waals surface area contributed by atoms with E-state index in [0.29, 0.717) is 5.88 Å². The predicted molar refractivity (Wildman–Crippen MR) is 109 cm³/mol. The molecule has 2 aromatic heterocycles. The molecule has 0 bridgehead atoms. The van der Waals surface area contributed by atoms with E-state index in [1.54, 1.807) is 23.7 Å². The van der Waals surface area contributed by atoms with Crippen LogP contribution in [-0.2, 0) is 0 Å². The van der Waals surface area contributed by atoms with Crippen LogP contribution in [0.25, 0.3) is 11.1 Å². The molecule has 6 heteroatoms. The molecule has 3 aliphatic rings. The Morgan fingerprint density at radius 3 is 2.41 bits per heavy atom. The van der Waals surface area contributed by atoms with E-state index in [1.807, 2.05) is 17.5 Å². The van der Waals surface area contributed by atoms with E-state index < -0.39 is 6.10 Å². The molecule has 0 radical (unpaired) electrons. The molecule has 5 rings (SSSR count). The molecule has 2 aromatic rings. The number of nitrogens with one attached hydrogen (secondary N) is 1. The summed E-state index contributed by atoms with van der Waals surface area (Å²) in [6, 6.07) is 12.4. The van der Waals surface area contributed by atoms with Crippen molar-refractivity contribution in [2.45, 2.75) is 6.10 Å². The van der Waals surface area contributed by atoms with Crippen LogP contribution in [0.3, 0.4) is 0 Å². The number of terminal acetylenes is 1. The minimum Gasteiger partial charge on any atom is -0.454 e. The molecule has 1 fully saturated rings. The minimum atomic E-state index is -0.419. The third kappa shape index (κ3) is 4.11. The van der Waals surface area contributed by atoms with Gasteiger partial charge < -0.3 is 15.0 Å². The number of piperazine rings is 1. The van der Waals surface area contributed by atoms with Gasteiger partial charge in [0.05, 0.1) is 17.3 Å². The Hall–Kier alpha value is -2.88. The molecule has 0 saturated carbocycles. The molecule has 0 amide bonds. The highest BCUT2D eigenvalue weighted by Crippen LogP contribution is 2.29. The average Bonchev–Trinajstić information content (AvgIpc) is 3.25. The van der Waals surface area contributed by atoms with E-state index in [0.717, 1.165) is 36.9 Å². The first-order valence-electron chi connectivity index (χ1n) is 8.88. The van der Waals surface area contributed by atoms with Crippen molar-refractivity contribution in [2.75, 3.05) is 31.1 Å². The van der Waals surface area contributed by atoms with Crippen molar-refractivity contribution < 1.29 is 4.74 Å². The largest absolute Gasteiger partial charge is 0.454 e. The Bertz CT molecular complexity index is 891. The van der Waals surface area contributed by atoms with Gasteiger partial charge in [-0.15, -0.1) is 17.8 Å². The first-order valence-corrected chi connectivity index (χ1v) is 9.76. The Morgan fingerprint density at radius 2 is 1.85 bits per heavy atom. The molecule has 2 aliphatic carbocycles. The first kappa shape index (κ1) is 17.5. The van der Waals surface area contributed by atoms with Gasteiger partial charge in [0.15, 0.2) is 11.9 Å². The lowest BCUT2D eigenvalue weighted by Gasteiger charge is -2.28. The highest BCUT2D eigenvalue weighted by atomic mass is 32.1. The molecule has 1 atom stereocenters. The van der Waals surface area contributed by atoms with Gasteiger partial charge in [0.1, 0.15) is 0 Å². The number of anilines is 1. The van der Waals surface area contributed by atoms with Crippen molar-refractivity contribution >= 4 is 17.2 Å². The van der Waals surface area contributed by atoms with Crippen LogP contribution in [0, 0.1) is 12.3 Å². The monoisotopic (exact) mass is 376 g/mol. The fraction of sp³-hybridized carbons (Fsp3) is 0.238. The standard InChI is InChI=1S/C15H16N4OS.C6H4/c1-2-12(13-4-3-9-21-13)20-15-11-17-10-14(18-15)19-7-5-16-6-8-19;1-2-6-4-3-5(1)6/h1,3-4,9-12,16H,5-8H2;1-4H. The van der Waals surface area contributed by atoms with E-state index in [1.165, 1.54) is 11.1 Å². The van der Waals surface area contributed by atoms with E-state index in [-0.39, 0.29) is 0 Å². The van der Waals surface area contributed by atoms with E-state index in [9.17, 15) is 0 Å². The molecule has 136 valence electrons. The van der Waals surface area contributed by atoms with E-state index >= 15 is 0 Å². The van der Waals surface area contributed by atoms with Crippen LogP contribution in [0.1, 0.15) is 11.0 Å². The average molecular weight is 376 g/mol. The Morgan fingerprint density at radius 1 is 1.11 bits per heavy atom. The zero-order valence-electron chi connectivity index (χ0n) is 14.8. The van der Waals surface area contributed by atoms with Crippen LogP contribution in [0.4, 0.5) is 5.82 Å². The number of hydrogen-bond donors (Lipinski definition) is 1. The number of ether oxygens (including phenoxy) is 1. The fourth-order valence-corrected chi connectivity index (χ4v) is 3.55. The van der Waals surface area contributed by atoms with Crippen LogP contribution >= 0.6 is 11.3 Å². The summed E-state index contributed by atoms with van der Waals surface area (Å²) in [7, 11) is 0. The molecule has 27 heavy (non-hydrogen) atoms. The summed E-state index contributed by atoms with van der Waals surface area (Å²) >= 11 is 1.57. The van der Waals surface area contributed by atoms with Crippen molar-refractivity contribution in [2.24, 2.45) is 0 Å². The zero-order chi connectivity index (χ0) is 18.5. The SMILES string of the molecule is C#CC(Oc1cncc(N2CCNCC2)n1)c1cccs1.c1cc2ccc1-2. The van der Waals surface area contributed by atoms with Gasteiger partial charge in [-0.25, -0.2) is 0 Å². The van der Waals surface area contributed by atoms with E-state index in [4.69, 9.17) is 11.2 Å². The van der Waals surface area contributed by atoms with Crippen molar-refractivity contribution in [1.29, 1.82) is 0 Å². The first-order chi connectivity index (χ1) is 13.3. The van der Waals surface area contributed by atoms with Gasteiger partial charge in [0.25, 0.3) is 0 Å². The number of aromatic nitrogens is 2. The predicted octanol–water partition coefficient (Wildman–Crippen LogP) is 3.37. The molecule has 1 N–H and O–H groups in total. The highest BCUT2D eigenvalue weighted by molar-refractivity contribution is 7.10. The van der Waals surface area contributed by atoms with Gasteiger partial charge in [-0.1, -0.05) is 36.3 Å². The Balaban J connectivity index is 0.000000250. The minimum absolute atomic E-state index is 0.419. The summed E-state index contributed by atoms with van der Waals surface area (Å²) in [6.45, 7) is 3.74. The maximum absolute atomic E-state index is 5.80. The molecule has 5 nitrogen and oxygen atoms in total. The molecule has 3 heterocycles. The molecule has 1 aliphatic heterocycles. The van der Waals surface area contributed by atoms with E-state index in [2.05, 4.69) is 50.4 Å².